The number of carbonyl (C=O) groups is 1. The van der Waals surface area contributed by atoms with Gasteiger partial charge < -0.3 is 0 Å². The van der Waals surface area contributed by atoms with E-state index in [-0.39, 0.29) is 18.0 Å². The van der Waals surface area contributed by atoms with E-state index in [0.717, 1.165) is 0 Å². The van der Waals surface area contributed by atoms with E-state index < -0.39 is 0 Å². The van der Waals surface area contributed by atoms with Crippen LogP contribution in [-0.4, -0.2) is 27.0 Å². The average molecular weight is 309 g/mol. The topological polar surface area (TPSA) is 26.3 Å². The number of ether oxygens (including phenoxy) is 1. The summed E-state index contributed by atoms with van der Waals surface area (Å²) < 4.78 is 7.06. The molecule has 1 aromatic carbocycles. The molecule has 2 aliphatic rings. The molecule has 3 heteroatoms. The van der Waals surface area contributed by atoms with Crippen LogP contribution in [0.15, 0.2) is 30.3 Å². The monoisotopic (exact) mass is 310 g/mol. The number of carbonyl (C=O) groups excluding carboxylic acids is 1. The predicted octanol–water partition coefficient (Wildman–Crippen LogP) is 2.17. The van der Waals surface area contributed by atoms with E-state index in [1.54, 1.807) is 0 Å². The number of esters is 1. The molecule has 2 nitrogen and oxygen atoms in total. The van der Waals surface area contributed by atoms with E-state index >= 15 is 0 Å². The zero-order valence-corrected chi connectivity index (χ0v) is 12.3. The normalized spacial score (nSPS) is 35.1. The van der Waals surface area contributed by atoms with Gasteiger partial charge in [-0.2, -0.15) is 0 Å². The van der Waals surface area contributed by atoms with Crippen molar-refractivity contribution >= 4 is 25.4 Å². The van der Waals surface area contributed by atoms with E-state index in [4.69, 9.17) is 4.74 Å². The third-order valence-electron chi connectivity index (χ3n) is 4.11. The third-order valence-corrected chi connectivity index (χ3v) is 6.95. The number of fused-ring (bicyclic) bond motifs is 1. The molecule has 96 valence electrons. The van der Waals surface area contributed by atoms with E-state index in [1.807, 2.05) is 6.92 Å². The average Bonchev–Trinajstić information content (AvgIpc) is 2.69. The molecule has 1 aliphatic heterocycles. The maximum atomic E-state index is 11.7. The van der Waals surface area contributed by atoms with Crippen molar-refractivity contribution in [2.24, 2.45) is 11.8 Å². The van der Waals surface area contributed by atoms with Crippen LogP contribution >= 0.6 is 0 Å². The van der Waals surface area contributed by atoms with Crippen molar-refractivity contribution < 1.29 is 9.53 Å². The molecule has 0 N–H and O–H groups in total. The Kier molecular flexibility index (Phi) is 3.45. The van der Waals surface area contributed by atoms with E-state index in [9.17, 15) is 4.79 Å². The molecule has 1 aliphatic carbocycles. The molecule has 1 saturated carbocycles. The van der Waals surface area contributed by atoms with Gasteiger partial charge in [-0.15, -0.1) is 0 Å². The van der Waals surface area contributed by atoms with Crippen molar-refractivity contribution in [3.63, 3.8) is 0 Å². The van der Waals surface area contributed by atoms with Crippen LogP contribution in [0.25, 0.3) is 0 Å². The van der Waals surface area contributed by atoms with Crippen molar-refractivity contribution in [3.8, 4) is 0 Å². The van der Waals surface area contributed by atoms with Crippen LogP contribution in [0.2, 0.25) is 4.82 Å². The van der Waals surface area contributed by atoms with E-state index in [1.165, 1.54) is 23.7 Å². The first kappa shape index (κ1) is 12.3. The summed E-state index contributed by atoms with van der Waals surface area (Å²) in [5.74, 6) is 0.618. The molecular weight excluding hydrogens is 291 g/mol. The van der Waals surface area contributed by atoms with Gasteiger partial charge in [-0.3, -0.25) is 0 Å². The van der Waals surface area contributed by atoms with E-state index in [2.05, 4.69) is 30.3 Å². The van der Waals surface area contributed by atoms with Crippen LogP contribution in [0, 0.1) is 11.8 Å². The fourth-order valence-corrected chi connectivity index (χ4v) is 5.88. The Morgan fingerprint density at radius 3 is 2.78 bits per heavy atom. The van der Waals surface area contributed by atoms with E-state index in [0.29, 0.717) is 25.7 Å². The molecule has 0 spiro atoms. The van der Waals surface area contributed by atoms with Gasteiger partial charge in [-0.25, -0.2) is 0 Å². The minimum atomic E-state index is 0.0285. The maximum absolute atomic E-state index is 11.7. The van der Waals surface area contributed by atoms with Crippen molar-refractivity contribution in [3.05, 3.63) is 30.3 Å². The van der Waals surface area contributed by atoms with Crippen molar-refractivity contribution in [2.75, 3.05) is 0 Å². The van der Waals surface area contributed by atoms with Crippen LogP contribution in [-0.2, 0) is 9.53 Å². The van der Waals surface area contributed by atoms with Crippen LogP contribution in [0.3, 0.4) is 0 Å². The molecule has 3 rings (SSSR count). The zero-order valence-electron chi connectivity index (χ0n) is 10.5. The summed E-state index contributed by atoms with van der Waals surface area (Å²) in [6.45, 7) is 2.03. The molecular formula is C15H18O2Se. The molecule has 1 saturated heterocycles. The van der Waals surface area contributed by atoms with Crippen LogP contribution < -0.4 is 4.46 Å². The molecule has 1 unspecified atom stereocenters. The Balaban J connectivity index is 1.75. The molecule has 0 aromatic heterocycles. The number of rotatable bonds is 2. The summed E-state index contributed by atoms with van der Waals surface area (Å²) in [4.78, 5) is 12.3. The van der Waals surface area contributed by atoms with Crippen LogP contribution in [0.4, 0.5) is 0 Å². The zero-order chi connectivity index (χ0) is 12.5. The van der Waals surface area contributed by atoms with Crippen molar-refractivity contribution in [2.45, 2.75) is 37.1 Å². The molecule has 0 amide bonds. The molecule has 2 fully saturated rings. The fraction of sp³-hybridized carbons (Fsp3) is 0.533. The second-order valence-corrected chi connectivity index (χ2v) is 8.01. The summed E-state index contributed by atoms with van der Waals surface area (Å²) in [6, 6.07) is 10.6. The Bertz CT molecular complexity index is 431. The Labute approximate surface area is 114 Å². The molecule has 1 heterocycles. The number of hydrogen-bond donors (Lipinski definition) is 0. The van der Waals surface area contributed by atoms with Gasteiger partial charge in [-0.05, 0) is 0 Å². The molecule has 18 heavy (non-hydrogen) atoms. The van der Waals surface area contributed by atoms with Crippen LogP contribution in [0.1, 0.15) is 26.2 Å². The molecule has 0 bridgehead atoms. The molecule has 1 aromatic rings. The van der Waals surface area contributed by atoms with Crippen LogP contribution in [0.5, 0.6) is 0 Å². The Morgan fingerprint density at radius 2 is 2.00 bits per heavy atom. The Hall–Kier alpha value is -0.791. The molecule has 0 radical (unpaired) electrons. The predicted molar refractivity (Wildman–Crippen MR) is 72.0 cm³/mol. The van der Waals surface area contributed by atoms with Gasteiger partial charge in [0.25, 0.3) is 0 Å². The fourth-order valence-electron chi connectivity index (χ4n) is 3.07. The quantitative estimate of drug-likeness (QED) is 0.618. The van der Waals surface area contributed by atoms with Gasteiger partial charge in [0.1, 0.15) is 0 Å². The number of benzene rings is 1. The minimum absolute atomic E-state index is 0.0285. The first-order valence-electron chi connectivity index (χ1n) is 6.68. The Morgan fingerprint density at radius 1 is 1.22 bits per heavy atom. The summed E-state index contributed by atoms with van der Waals surface area (Å²) in [5, 5.41) is 0. The van der Waals surface area contributed by atoms with Gasteiger partial charge in [0.15, 0.2) is 0 Å². The van der Waals surface area contributed by atoms with Gasteiger partial charge in [0, 0.05) is 0 Å². The second kappa shape index (κ2) is 5.06. The number of hydrogen-bond acceptors (Lipinski definition) is 2. The van der Waals surface area contributed by atoms with Gasteiger partial charge in [-0.1, -0.05) is 0 Å². The summed E-state index contributed by atoms with van der Waals surface area (Å²) >= 11 is 0.426. The van der Waals surface area contributed by atoms with Crippen molar-refractivity contribution in [1.82, 2.24) is 0 Å². The first-order valence-corrected chi connectivity index (χ1v) is 8.52. The SMILES string of the molecule is CC1C(=O)O[C@H]2[C@H]([Se]c3ccccc3)CCC[C@@H]12. The summed E-state index contributed by atoms with van der Waals surface area (Å²) in [5.41, 5.74) is 0. The van der Waals surface area contributed by atoms with Gasteiger partial charge >= 0.3 is 114 Å². The summed E-state index contributed by atoms with van der Waals surface area (Å²) in [6.07, 6.45) is 3.83. The first-order chi connectivity index (χ1) is 8.75. The third kappa shape index (κ3) is 2.22. The standard InChI is InChI=1S/C15H18O2Se/c1-10-12-8-5-9-13(14(12)17-15(10)16)18-11-6-3-2-4-7-11/h2-4,6-7,10,12-14H,5,8-9H2,1H3/t10?,12-,13+,14+/m0/s1. The molecule has 4 atom stereocenters. The van der Waals surface area contributed by atoms with Crippen molar-refractivity contribution in [1.29, 1.82) is 0 Å². The van der Waals surface area contributed by atoms with Gasteiger partial charge in [0.05, 0.1) is 0 Å². The second-order valence-electron chi connectivity index (χ2n) is 5.25. The summed E-state index contributed by atoms with van der Waals surface area (Å²) in [7, 11) is 0. The van der Waals surface area contributed by atoms with Gasteiger partial charge in [0.2, 0.25) is 0 Å².